The summed E-state index contributed by atoms with van der Waals surface area (Å²) in [6.07, 6.45) is -1.81. The predicted octanol–water partition coefficient (Wildman–Crippen LogP) is 5.37. The second kappa shape index (κ2) is 8.18. The van der Waals surface area contributed by atoms with Crippen LogP contribution in [0.25, 0.3) is 0 Å². The van der Waals surface area contributed by atoms with E-state index in [9.17, 15) is 13.2 Å². The van der Waals surface area contributed by atoms with Crippen LogP contribution in [0.3, 0.4) is 0 Å². The largest absolute Gasteiger partial charge is 0.474 e. The monoisotopic (exact) mass is 353 g/mol. The van der Waals surface area contributed by atoms with E-state index in [1.54, 1.807) is 6.92 Å². The van der Waals surface area contributed by atoms with Crippen LogP contribution in [0.2, 0.25) is 0 Å². The summed E-state index contributed by atoms with van der Waals surface area (Å²) < 4.78 is 44.8. The van der Waals surface area contributed by atoms with Gasteiger partial charge in [0.25, 0.3) is 0 Å². The van der Waals surface area contributed by atoms with Crippen LogP contribution < -0.4 is 10.1 Å². The predicted molar refractivity (Wildman–Crippen MR) is 91.1 cm³/mol. The SMILES string of the molecule is CCCc1ccccc1Nc1ncc(C(F)(F)F)c(OC(C)CC)n1. The molecule has 0 aliphatic rings. The first-order valence-corrected chi connectivity index (χ1v) is 8.31. The minimum atomic E-state index is -4.57. The highest BCUT2D eigenvalue weighted by atomic mass is 19.4. The fourth-order valence-corrected chi connectivity index (χ4v) is 2.23. The number of nitrogens with one attached hydrogen (secondary N) is 1. The fraction of sp³-hybridized carbons (Fsp3) is 0.444. The number of rotatable bonds is 7. The number of ether oxygens (including phenoxy) is 1. The van der Waals surface area contributed by atoms with Crippen molar-refractivity contribution >= 4 is 11.6 Å². The molecule has 1 aromatic heterocycles. The van der Waals surface area contributed by atoms with Crippen molar-refractivity contribution in [1.82, 2.24) is 9.97 Å². The molecule has 1 heterocycles. The zero-order valence-corrected chi connectivity index (χ0v) is 14.5. The van der Waals surface area contributed by atoms with E-state index >= 15 is 0 Å². The molecule has 0 radical (unpaired) electrons. The van der Waals surface area contributed by atoms with E-state index in [-0.39, 0.29) is 12.1 Å². The van der Waals surface area contributed by atoms with E-state index in [1.807, 2.05) is 31.2 Å². The van der Waals surface area contributed by atoms with Crippen LogP contribution >= 0.6 is 0 Å². The number of halogens is 3. The van der Waals surface area contributed by atoms with Crippen LogP contribution in [-0.2, 0) is 12.6 Å². The summed E-state index contributed by atoms with van der Waals surface area (Å²) in [6.45, 7) is 5.59. The molecule has 0 aliphatic heterocycles. The smallest absolute Gasteiger partial charge is 0.423 e. The van der Waals surface area contributed by atoms with E-state index in [0.717, 1.165) is 30.3 Å². The van der Waals surface area contributed by atoms with Crippen LogP contribution in [0.1, 0.15) is 44.7 Å². The first-order valence-electron chi connectivity index (χ1n) is 8.31. The molecule has 2 rings (SSSR count). The maximum absolute atomic E-state index is 13.1. The molecule has 7 heteroatoms. The van der Waals surface area contributed by atoms with E-state index in [4.69, 9.17) is 4.74 Å². The standard InChI is InChI=1S/C18H22F3N3O/c1-4-8-13-9-6-7-10-15(13)23-17-22-11-14(18(19,20)21)16(24-17)25-12(3)5-2/h6-7,9-12H,4-5,8H2,1-3H3,(H,22,23,24). The Labute approximate surface area is 145 Å². The molecule has 0 spiro atoms. The third-order valence-electron chi connectivity index (χ3n) is 3.73. The number of hydrogen-bond acceptors (Lipinski definition) is 4. The summed E-state index contributed by atoms with van der Waals surface area (Å²) in [6, 6.07) is 7.58. The molecule has 1 N–H and O–H groups in total. The Bertz CT molecular complexity index is 704. The lowest BCUT2D eigenvalue weighted by Gasteiger charge is -2.17. The quantitative estimate of drug-likeness (QED) is 0.727. The van der Waals surface area contributed by atoms with Gasteiger partial charge in [-0.2, -0.15) is 18.2 Å². The normalized spacial score (nSPS) is 12.7. The van der Waals surface area contributed by atoms with Crippen LogP contribution in [0.4, 0.5) is 24.8 Å². The first-order chi connectivity index (χ1) is 11.8. The van der Waals surface area contributed by atoms with E-state index < -0.39 is 17.6 Å². The number of hydrogen-bond donors (Lipinski definition) is 1. The van der Waals surface area contributed by atoms with Gasteiger partial charge in [-0.1, -0.05) is 38.5 Å². The van der Waals surface area contributed by atoms with Crippen LogP contribution in [0.5, 0.6) is 5.88 Å². The van der Waals surface area contributed by atoms with Gasteiger partial charge < -0.3 is 10.1 Å². The van der Waals surface area contributed by atoms with Gasteiger partial charge in [-0.05, 0) is 31.4 Å². The molecule has 1 aromatic carbocycles. The number of nitrogens with zero attached hydrogens (tertiary/aromatic N) is 2. The van der Waals surface area contributed by atoms with E-state index in [1.165, 1.54) is 0 Å². The molecule has 1 unspecified atom stereocenters. The Morgan fingerprint density at radius 2 is 1.92 bits per heavy atom. The van der Waals surface area contributed by atoms with Crippen molar-refractivity contribution in [2.75, 3.05) is 5.32 Å². The lowest BCUT2D eigenvalue weighted by Crippen LogP contribution is -2.17. The van der Waals surface area contributed by atoms with Crippen molar-refractivity contribution in [3.8, 4) is 5.88 Å². The highest BCUT2D eigenvalue weighted by molar-refractivity contribution is 5.59. The topological polar surface area (TPSA) is 47.0 Å². The Morgan fingerprint density at radius 3 is 2.56 bits per heavy atom. The molecule has 0 saturated carbocycles. The van der Waals surface area contributed by atoms with Gasteiger partial charge in [-0.15, -0.1) is 0 Å². The van der Waals surface area contributed by atoms with Gasteiger partial charge in [0.05, 0.1) is 6.10 Å². The third kappa shape index (κ3) is 5.08. The minimum Gasteiger partial charge on any atom is -0.474 e. The number of anilines is 2. The van der Waals surface area contributed by atoms with Gasteiger partial charge in [-0.3, -0.25) is 0 Å². The van der Waals surface area contributed by atoms with E-state index in [2.05, 4.69) is 22.2 Å². The molecule has 2 aromatic rings. The van der Waals surface area contributed by atoms with Crippen molar-refractivity contribution in [2.24, 2.45) is 0 Å². The molecule has 0 saturated heterocycles. The number of aryl methyl sites for hydroxylation is 1. The summed E-state index contributed by atoms with van der Waals surface area (Å²) in [5.41, 5.74) is 0.858. The molecular weight excluding hydrogens is 331 g/mol. The first kappa shape index (κ1) is 19.0. The molecule has 4 nitrogen and oxygen atoms in total. The lowest BCUT2D eigenvalue weighted by atomic mass is 10.1. The molecule has 136 valence electrons. The van der Waals surface area contributed by atoms with E-state index in [0.29, 0.717) is 6.42 Å². The highest BCUT2D eigenvalue weighted by Crippen LogP contribution is 2.36. The van der Waals surface area contributed by atoms with Crippen molar-refractivity contribution < 1.29 is 17.9 Å². The molecule has 0 fully saturated rings. The molecule has 0 amide bonds. The number of para-hydroxylation sites is 1. The van der Waals surface area contributed by atoms with Crippen molar-refractivity contribution in [2.45, 2.75) is 52.3 Å². The summed E-state index contributed by atoms with van der Waals surface area (Å²) in [5.74, 6) is -0.373. The Hall–Kier alpha value is -2.31. The van der Waals surface area contributed by atoms with Crippen molar-refractivity contribution in [1.29, 1.82) is 0 Å². The number of benzene rings is 1. The van der Waals surface area contributed by atoms with Gasteiger partial charge in [0.1, 0.15) is 5.56 Å². The Kier molecular flexibility index (Phi) is 6.22. The maximum atomic E-state index is 13.1. The highest BCUT2D eigenvalue weighted by Gasteiger charge is 2.36. The van der Waals surface area contributed by atoms with Gasteiger partial charge in [0, 0.05) is 11.9 Å². The summed E-state index contributed by atoms with van der Waals surface area (Å²) >= 11 is 0. The van der Waals surface area contributed by atoms with Gasteiger partial charge >= 0.3 is 6.18 Å². The average molecular weight is 353 g/mol. The second-order valence-electron chi connectivity index (χ2n) is 5.78. The average Bonchev–Trinajstić information content (AvgIpc) is 2.56. The Morgan fingerprint density at radius 1 is 1.20 bits per heavy atom. The van der Waals surface area contributed by atoms with Gasteiger partial charge in [0.15, 0.2) is 0 Å². The molecule has 0 aliphatic carbocycles. The summed E-state index contributed by atoms with van der Waals surface area (Å²) in [4.78, 5) is 7.77. The van der Waals surface area contributed by atoms with Crippen LogP contribution in [-0.4, -0.2) is 16.1 Å². The summed E-state index contributed by atoms with van der Waals surface area (Å²) in [7, 11) is 0. The van der Waals surface area contributed by atoms with Crippen molar-refractivity contribution in [3.63, 3.8) is 0 Å². The molecular formula is C18H22F3N3O. The second-order valence-corrected chi connectivity index (χ2v) is 5.78. The Balaban J connectivity index is 2.35. The minimum absolute atomic E-state index is 0.0786. The molecule has 25 heavy (non-hydrogen) atoms. The van der Waals surface area contributed by atoms with Gasteiger partial charge in [-0.25, -0.2) is 4.98 Å². The van der Waals surface area contributed by atoms with Crippen LogP contribution in [0.15, 0.2) is 30.5 Å². The van der Waals surface area contributed by atoms with Crippen LogP contribution in [0, 0.1) is 0 Å². The summed E-state index contributed by atoms with van der Waals surface area (Å²) in [5, 5.41) is 3.00. The fourth-order valence-electron chi connectivity index (χ4n) is 2.23. The zero-order chi connectivity index (χ0) is 18.4. The number of aromatic nitrogens is 2. The van der Waals surface area contributed by atoms with Crippen molar-refractivity contribution in [3.05, 3.63) is 41.6 Å². The molecule has 1 atom stereocenters. The molecule has 0 bridgehead atoms. The zero-order valence-electron chi connectivity index (χ0n) is 14.5. The van der Waals surface area contributed by atoms with Gasteiger partial charge in [0.2, 0.25) is 11.8 Å². The lowest BCUT2D eigenvalue weighted by molar-refractivity contribution is -0.139. The number of alkyl halides is 3. The maximum Gasteiger partial charge on any atom is 0.423 e. The third-order valence-corrected chi connectivity index (χ3v) is 3.73.